The van der Waals surface area contributed by atoms with E-state index in [0.29, 0.717) is 0 Å². The smallest absolute Gasteiger partial charge is 0.218 e. The molecule has 1 aromatic rings. The number of carbonyl (C=O) groups excluding carboxylic acids is 1. The van der Waals surface area contributed by atoms with Crippen LogP contribution in [0.2, 0.25) is 5.02 Å². The van der Waals surface area contributed by atoms with Crippen molar-refractivity contribution in [1.82, 2.24) is 0 Å². The Bertz CT molecular complexity index is 240. The van der Waals surface area contributed by atoms with E-state index in [0.717, 1.165) is 5.02 Å². The van der Waals surface area contributed by atoms with E-state index in [-0.39, 0.29) is 10.7 Å². The van der Waals surface area contributed by atoms with E-state index in [1.165, 1.54) is 12.5 Å². The molecule has 0 saturated carbocycles. The van der Waals surface area contributed by atoms with Crippen LogP contribution in [0.3, 0.4) is 0 Å². The van der Waals surface area contributed by atoms with Gasteiger partial charge in [-0.1, -0.05) is 23.7 Å². The van der Waals surface area contributed by atoms with Gasteiger partial charge in [0.1, 0.15) is 0 Å². The summed E-state index contributed by atoms with van der Waals surface area (Å²) in [5, 5.41) is 0.449. The Labute approximate surface area is 87.8 Å². The topological polar surface area (TPSA) is 48.6 Å². The molecule has 0 aliphatic rings. The summed E-state index contributed by atoms with van der Waals surface area (Å²) in [7, 11) is 0. The quantitative estimate of drug-likeness (QED) is 0.623. The average Bonchev–Trinajstić information content (AvgIpc) is 1.84. The molecule has 0 bridgehead atoms. The standard InChI is InChI=1S/C7H7Cl.C2H3ClO.H2O/c1-6-3-2-4-7(8)5-6;1-2(3)4;/h2-5H,1H3;1H3;1H2. The van der Waals surface area contributed by atoms with Gasteiger partial charge in [0.05, 0.1) is 0 Å². The minimum atomic E-state index is -0.361. The molecule has 0 atom stereocenters. The maximum Gasteiger partial charge on any atom is 0.218 e. The summed E-state index contributed by atoms with van der Waals surface area (Å²) < 4.78 is 0. The van der Waals surface area contributed by atoms with E-state index in [1.807, 2.05) is 31.2 Å². The van der Waals surface area contributed by atoms with Gasteiger partial charge in [-0.05, 0) is 36.2 Å². The van der Waals surface area contributed by atoms with Crippen molar-refractivity contribution in [3.63, 3.8) is 0 Å². The van der Waals surface area contributed by atoms with E-state index < -0.39 is 0 Å². The van der Waals surface area contributed by atoms with Crippen molar-refractivity contribution >= 4 is 28.4 Å². The van der Waals surface area contributed by atoms with Crippen LogP contribution < -0.4 is 0 Å². The second kappa shape index (κ2) is 8.05. The normalized spacial score (nSPS) is 7.69. The Morgan fingerprint density at radius 1 is 1.38 bits per heavy atom. The SMILES string of the molecule is CC(=O)Cl.Cc1cccc(Cl)c1.O. The van der Waals surface area contributed by atoms with Gasteiger partial charge in [0.2, 0.25) is 5.24 Å². The Morgan fingerprint density at radius 3 is 2.08 bits per heavy atom. The number of hydrogen-bond donors (Lipinski definition) is 0. The van der Waals surface area contributed by atoms with Gasteiger partial charge in [0.25, 0.3) is 0 Å². The van der Waals surface area contributed by atoms with Crippen LogP contribution in [0.4, 0.5) is 0 Å². The fourth-order valence-electron chi connectivity index (χ4n) is 0.606. The van der Waals surface area contributed by atoms with Crippen molar-refractivity contribution in [2.45, 2.75) is 13.8 Å². The highest BCUT2D eigenvalue weighted by atomic mass is 35.5. The molecule has 1 aromatic carbocycles. The van der Waals surface area contributed by atoms with Crippen LogP contribution in [0, 0.1) is 6.92 Å². The van der Waals surface area contributed by atoms with Gasteiger partial charge < -0.3 is 5.48 Å². The second-order valence-electron chi connectivity index (χ2n) is 2.27. The molecular formula is C9H12Cl2O2. The first-order chi connectivity index (χ1) is 5.52. The maximum absolute atomic E-state index is 9.21. The summed E-state index contributed by atoms with van der Waals surface area (Å²) in [6.07, 6.45) is 0. The van der Waals surface area contributed by atoms with Crippen LogP contribution in [-0.2, 0) is 4.79 Å². The summed E-state index contributed by atoms with van der Waals surface area (Å²) in [5.74, 6) is 0. The molecule has 0 aromatic heterocycles. The number of hydrogen-bond acceptors (Lipinski definition) is 1. The van der Waals surface area contributed by atoms with Crippen molar-refractivity contribution in [3.05, 3.63) is 34.9 Å². The minimum absolute atomic E-state index is 0. The van der Waals surface area contributed by atoms with Crippen LogP contribution in [-0.4, -0.2) is 10.7 Å². The van der Waals surface area contributed by atoms with Crippen LogP contribution in [0.15, 0.2) is 24.3 Å². The predicted molar refractivity (Wildman–Crippen MR) is 56.3 cm³/mol. The van der Waals surface area contributed by atoms with Gasteiger partial charge in [-0.25, -0.2) is 0 Å². The second-order valence-corrected chi connectivity index (χ2v) is 3.24. The van der Waals surface area contributed by atoms with Crippen molar-refractivity contribution in [2.24, 2.45) is 0 Å². The lowest BCUT2D eigenvalue weighted by Crippen LogP contribution is -1.66. The van der Waals surface area contributed by atoms with Gasteiger partial charge >= 0.3 is 0 Å². The molecule has 0 unspecified atom stereocenters. The molecule has 4 heteroatoms. The zero-order valence-electron chi connectivity index (χ0n) is 7.47. The monoisotopic (exact) mass is 222 g/mol. The van der Waals surface area contributed by atoms with E-state index >= 15 is 0 Å². The molecule has 1 rings (SSSR count). The molecule has 0 aliphatic carbocycles. The fourth-order valence-corrected chi connectivity index (χ4v) is 0.850. The van der Waals surface area contributed by atoms with E-state index in [4.69, 9.17) is 11.6 Å². The number of rotatable bonds is 0. The molecular weight excluding hydrogens is 211 g/mol. The van der Waals surface area contributed by atoms with Crippen molar-refractivity contribution in [1.29, 1.82) is 0 Å². The highest BCUT2D eigenvalue weighted by Crippen LogP contribution is 2.08. The minimum Gasteiger partial charge on any atom is -0.412 e. The highest BCUT2D eigenvalue weighted by Gasteiger charge is 1.82. The molecule has 2 nitrogen and oxygen atoms in total. The van der Waals surface area contributed by atoms with Gasteiger partial charge in [0.15, 0.2) is 0 Å². The summed E-state index contributed by atoms with van der Waals surface area (Å²) in [6.45, 7) is 3.31. The van der Waals surface area contributed by atoms with Crippen LogP contribution in [0.5, 0.6) is 0 Å². The van der Waals surface area contributed by atoms with Crippen molar-refractivity contribution in [2.75, 3.05) is 0 Å². The molecule has 13 heavy (non-hydrogen) atoms. The first-order valence-electron chi connectivity index (χ1n) is 3.40. The number of carbonyl (C=O) groups is 1. The number of halogens is 2. The Balaban J connectivity index is 0. The largest absolute Gasteiger partial charge is 0.412 e. The van der Waals surface area contributed by atoms with Gasteiger partial charge in [0, 0.05) is 11.9 Å². The lowest BCUT2D eigenvalue weighted by atomic mass is 10.2. The van der Waals surface area contributed by atoms with Gasteiger partial charge in [-0.15, -0.1) is 0 Å². The van der Waals surface area contributed by atoms with E-state index in [2.05, 4.69) is 11.6 Å². The third-order valence-corrected chi connectivity index (χ3v) is 1.22. The van der Waals surface area contributed by atoms with Gasteiger partial charge in [-0.3, -0.25) is 4.79 Å². The number of aryl methyl sites for hydroxylation is 1. The lowest BCUT2D eigenvalue weighted by Gasteiger charge is -1.88. The van der Waals surface area contributed by atoms with E-state index in [9.17, 15) is 4.79 Å². The van der Waals surface area contributed by atoms with Crippen LogP contribution >= 0.6 is 23.2 Å². The number of benzene rings is 1. The summed E-state index contributed by atoms with van der Waals surface area (Å²) in [5.41, 5.74) is 1.21. The highest BCUT2D eigenvalue weighted by molar-refractivity contribution is 6.62. The van der Waals surface area contributed by atoms with Crippen LogP contribution in [0.1, 0.15) is 12.5 Å². The van der Waals surface area contributed by atoms with Crippen molar-refractivity contribution in [3.8, 4) is 0 Å². The molecule has 74 valence electrons. The van der Waals surface area contributed by atoms with Crippen LogP contribution in [0.25, 0.3) is 0 Å². The summed E-state index contributed by atoms with van der Waals surface area (Å²) in [4.78, 5) is 9.21. The first-order valence-corrected chi connectivity index (χ1v) is 4.16. The molecule has 2 N–H and O–H groups in total. The van der Waals surface area contributed by atoms with Gasteiger partial charge in [-0.2, -0.15) is 0 Å². The Kier molecular flexibility index (Phi) is 9.24. The third-order valence-electron chi connectivity index (χ3n) is 0.980. The Morgan fingerprint density at radius 2 is 1.85 bits per heavy atom. The molecule has 0 fully saturated rings. The molecule has 0 aliphatic heterocycles. The average molecular weight is 223 g/mol. The third kappa shape index (κ3) is 11.4. The lowest BCUT2D eigenvalue weighted by molar-refractivity contribution is -0.109. The molecule has 0 radical (unpaired) electrons. The van der Waals surface area contributed by atoms with E-state index in [1.54, 1.807) is 0 Å². The summed E-state index contributed by atoms with van der Waals surface area (Å²) in [6, 6.07) is 7.76. The predicted octanol–water partition coefficient (Wildman–Crippen LogP) is 2.60. The molecule has 0 spiro atoms. The van der Waals surface area contributed by atoms with Crippen molar-refractivity contribution < 1.29 is 10.3 Å². The fraction of sp³-hybridized carbons (Fsp3) is 0.222. The Hall–Kier alpha value is -0.570. The molecule has 0 heterocycles. The molecule has 0 amide bonds. The maximum atomic E-state index is 9.21. The first kappa shape index (κ1) is 14.9. The summed E-state index contributed by atoms with van der Waals surface area (Å²) >= 11 is 10.3. The zero-order chi connectivity index (χ0) is 9.56. The zero-order valence-corrected chi connectivity index (χ0v) is 8.99. The molecule has 0 saturated heterocycles.